The standard InChI is InChI=1S/C25H15ClF5N3O5/c1-11-15(25(35)33(32-11)23-21(30)19(28)18(27)20(29)22(23)31)7-13-8-16(26)24(17(9-13)38-2)39-10-12-3-5-14(6-4-12)34(36)37/h3-9H,10H2,1-2H3/b15-7+. The number of nitrogens with zero attached hydrogens (tertiary/aromatic N) is 3. The van der Waals surface area contributed by atoms with E-state index in [0.29, 0.717) is 5.56 Å². The minimum atomic E-state index is -2.37. The van der Waals surface area contributed by atoms with Gasteiger partial charge in [0.15, 0.2) is 34.8 Å². The van der Waals surface area contributed by atoms with Gasteiger partial charge in [0.05, 0.1) is 28.3 Å². The largest absolute Gasteiger partial charge is 0.493 e. The maximum atomic E-state index is 14.3. The molecular weight excluding hydrogens is 553 g/mol. The lowest BCUT2D eigenvalue weighted by atomic mass is 10.1. The van der Waals surface area contributed by atoms with Crippen molar-refractivity contribution in [2.45, 2.75) is 13.5 Å². The molecule has 1 aliphatic rings. The summed E-state index contributed by atoms with van der Waals surface area (Å²) in [5.41, 5.74) is -1.03. The molecule has 4 rings (SSSR count). The van der Waals surface area contributed by atoms with E-state index in [9.17, 15) is 36.9 Å². The van der Waals surface area contributed by atoms with E-state index in [4.69, 9.17) is 21.1 Å². The van der Waals surface area contributed by atoms with Gasteiger partial charge in [-0.15, -0.1) is 0 Å². The average molecular weight is 568 g/mol. The van der Waals surface area contributed by atoms with Crippen molar-refractivity contribution in [1.29, 1.82) is 0 Å². The molecule has 0 N–H and O–H groups in total. The average Bonchev–Trinajstić information content (AvgIpc) is 3.18. The number of amides is 1. The van der Waals surface area contributed by atoms with Crippen LogP contribution in [0.3, 0.4) is 0 Å². The van der Waals surface area contributed by atoms with Gasteiger partial charge in [-0.05, 0) is 48.4 Å². The lowest BCUT2D eigenvalue weighted by Crippen LogP contribution is -2.25. The van der Waals surface area contributed by atoms with Crippen LogP contribution in [-0.4, -0.2) is 23.7 Å². The van der Waals surface area contributed by atoms with E-state index >= 15 is 0 Å². The third-order valence-electron chi connectivity index (χ3n) is 5.55. The van der Waals surface area contributed by atoms with Crippen molar-refractivity contribution in [2.75, 3.05) is 12.1 Å². The van der Waals surface area contributed by atoms with Gasteiger partial charge in [0.1, 0.15) is 12.3 Å². The number of non-ortho nitro benzene ring substituents is 1. The van der Waals surface area contributed by atoms with Crippen LogP contribution in [-0.2, 0) is 11.4 Å². The topological polar surface area (TPSA) is 94.3 Å². The smallest absolute Gasteiger partial charge is 0.280 e. The first-order valence-corrected chi connectivity index (χ1v) is 11.2. The summed E-state index contributed by atoms with van der Waals surface area (Å²) in [5.74, 6) is -12.1. The number of anilines is 1. The Hall–Kier alpha value is -4.52. The third-order valence-corrected chi connectivity index (χ3v) is 5.83. The molecule has 0 saturated carbocycles. The highest BCUT2D eigenvalue weighted by atomic mass is 35.5. The molecule has 202 valence electrons. The molecule has 1 heterocycles. The van der Waals surface area contributed by atoms with Crippen molar-refractivity contribution in [3.63, 3.8) is 0 Å². The number of rotatable bonds is 7. The number of nitro groups is 1. The zero-order chi connectivity index (χ0) is 28.6. The molecule has 14 heteroatoms. The van der Waals surface area contributed by atoms with Crippen molar-refractivity contribution in [3.05, 3.63) is 97.3 Å². The first-order chi connectivity index (χ1) is 18.4. The number of hydrazone groups is 1. The molecule has 0 unspecified atom stereocenters. The Morgan fingerprint density at radius 2 is 1.62 bits per heavy atom. The van der Waals surface area contributed by atoms with E-state index in [1.165, 1.54) is 56.5 Å². The van der Waals surface area contributed by atoms with Gasteiger partial charge in [0.25, 0.3) is 11.6 Å². The van der Waals surface area contributed by atoms with Crippen molar-refractivity contribution >= 4 is 40.7 Å². The Labute approximate surface area is 221 Å². The molecule has 0 bridgehead atoms. The number of carbonyl (C=O) groups is 1. The molecule has 0 radical (unpaired) electrons. The summed E-state index contributed by atoms with van der Waals surface area (Å²) in [5, 5.41) is 14.6. The number of halogens is 6. The van der Waals surface area contributed by atoms with Crippen molar-refractivity contribution in [1.82, 2.24) is 0 Å². The molecule has 3 aromatic rings. The molecular formula is C25H15ClF5N3O5. The Morgan fingerprint density at radius 3 is 2.18 bits per heavy atom. The van der Waals surface area contributed by atoms with Crippen molar-refractivity contribution in [2.24, 2.45) is 5.10 Å². The predicted octanol–water partition coefficient (Wildman–Crippen LogP) is 6.34. The first-order valence-electron chi connectivity index (χ1n) is 10.8. The highest BCUT2D eigenvalue weighted by Crippen LogP contribution is 2.39. The molecule has 8 nitrogen and oxygen atoms in total. The van der Waals surface area contributed by atoms with E-state index in [0.717, 1.165) is 0 Å². The zero-order valence-electron chi connectivity index (χ0n) is 19.9. The van der Waals surface area contributed by atoms with Crippen LogP contribution in [0.4, 0.5) is 33.3 Å². The third kappa shape index (κ3) is 5.12. The summed E-state index contributed by atoms with van der Waals surface area (Å²) in [6.45, 7) is 1.28. The molecule has 0 atom stereocenters. The SMILES string of the molecule is COc1cc(/C=C2/C(=O)N(c3c(F)c(F)c(F)c(F)c3F)N=C2C)cc(Cl)c1OCc1ccc([N+](=O)[O-])cc1. The Bertz CT molecular complexity index is 1550. The van der Waals surface area contributed by atoms with Gasteiger partial charge in [-0.25, -0.2) is 22.0 Å². The number of carbonyl (C=O) groups excluding carboxylic acids is 1. The van der Waals surface area contributed by atoms with E-state index in [-0.39, 0.29) is 50.7 Å². The van der Waals surface area contributed by atoms with Gasteiger partial charge in [-0.2, -0.15) is 10.1 Å². The quantitative estimate of drug-likeness (QED) is 0.0829. The van der Waals surface area contributed by atoms with Crippen LogP contribution in [0.5, 0.6) is 11.5 Å². The Balaban J connectivity index is 1.62. The normalized spacial score (nSPS) is 14.2. The van der Waals surface area contributed by atoms with E-state index in [2.05, 4.69) is 5.10 Å². The van der Waals surface area contributed by atoms with Crippen LogP contribution < -0.4 is 14.5 Å². The predicted molar refractivity (Wildman–Crippen MR) is 130 cm³/mol. The van der Waals surface area contributed by atoms with Crippen LogP contribution in [0.15, 0.2) is 47.1 Å². The van der Waals surface area contributed by atoms with E-state index < -0.39 is 45.6 Å². The lowest BCUT2D eigenvalue weighted by molar-refractivity contribution is -0.384. The summed E-state index contributed by atoms with van der Waals surface area (Å²) in [6.07, 6.45) is 1.24. The highest BCUT2D eigenvalue weighted by molar-refractivity contribution is 6.33. The van der Waals surface area contributed by atoms with Gasteiger partial charge in [-0.1, -0.05) is 11.6 Å². The minimum Gasteiger partial charge on any atom is -0.493 e. The molecule has 3 aromatic carbocycles. The van der Waals surface area contributed by atoms with Gasteiger partial charge in [0, 0.05) is 12.1 Å². The number of hydrogen-bond acceptors (Lipinski definition) is 6. The van der Waals surface area contributed by atoms with Gasteiger partial charge >= 0.3 is 0 Å². The molecule has 39 heavy (non-hydrogen) atoms. The van der Waals surface area contributed by atoms with E-state index in [1.54, 1.807) is 0 Å². The monoisotopic (exact) mass is 567 g/mol. The fraction of sp³-hybridized carbons (Fsp3) is 0.120. The van der Waals surface area contributed by atoms with Gasteiger partial charge in [0.2, 0.25) is 5.82 Å². The maximum absolute atomic E-state index is 14.3. The fourth-order valence-electron chi connectivity index (χ4n) is 3.61. The number of benzene rings is 3. The van der Waals surface area contributed by atoms with E-state index in [1.807, 2.05) is 0 Å². The first kappa shape index (κ1) is 27.5. The van der Waals surface area contributed by atoms with Gasteiger partial charge < -0.3 is 9.47 Å². The number of nitro benzene ring substituents is 1. The molecule has 0 aromatic heterocycles. The summed E-state index contributed by atoms with van der Waals surface area (Å²) in [4.78, 5) is 23.2. The molecule has 0 saturated heterocycles. The van der Waals surface area contributed by atoms with Crippen LogP contribution >= 0.6 is 11.6 Å². The fourth-order valence-corrected chi connectivity index (χ4v) is 3.89. The molecule has 1 amide bonds. The summed E-state index contributed by atoms with van der Waals surface area (Å²) in [7, 11) is 1.32. The minimum absolute atomic E-state index is 0.0182. The second kappa shape index (κ2) is 10.7. The van der Waals surface area contributed by atoms with Crippen molar-refractivity contribution in [3.8, 4) is 11.5 Å². The summed E-state index contributed by atoms with van der Waals surface area (Å²) >= 11 is 6.35. The second-order valence-corrected chi connectivity index (χ2v) is 8.43. The zero-order valence-corrected chi connectivity index (χ0v) is 20.7. The Kier molecular flexibility index (Phi) is 7.54. The van der Waals surface area contributed by atoms with Crippen LogP contribution in [0.1, 0.15) is 18.1 Å². The maximum Gasteiger partial charge on any atom is 0.280 e. The number of hydrogen-bond donors (Lipinski definition) is 0. The lowest BCUT2D eigenvalue weighted by Gasteiger charge is -2.15. The molecule has 0 aliphatic carbocycles. The molecule has 1 aliphatic heterocycles. The van der Waals surface area contributed by atoms with Crippen molar-refractivity contribution < 1.29 is 41.1 Å². The number of ether oxygens (including phenoxy) is 2. The molecule has 0 spiro atoms. The molecule has 0 fully saturated rings. The van der Waals surface area contributed by atoms with Crippen LogP contribution in [0.25, 0.3) is 6.08 Å². The van der Waals surface area contributed by atoms with Crippen LogP contribution in [0.2, 0.25) is 5.02 Å². The van der Waals surface area contributed by atoms with Crippen LogP contribution in [0, 0.1) is 39.2 Å². The highest BCUT2D eigenvalue weighted by Gasteiger charge is 2.37. The second-order valence-electron chi connectivity index (χ2n) is 8.03. The summed E-state index contributed by atoms with van der Waals surface area (Å²) < 4.78 is 80.4. The van der Waals surface area contributed by atoms with Gasteiger partial charge in [-0.3, -0.25) is 14.9 Å². The summed E-state index contributed by atoms with van der Waals surface area (Å²) in [6, 6.07) is 8.43. The Morgan fingerprint density at radius 1 is 1.03 bits per heavy atom. The number of methoxy groups -OCH3 is 1.